The fraction of sp³-hybridized carbons (Fsp3) is 0.0588. The van der Waals surface area contributed by atoms with Crippen molar-refractivity contribution in [2.45, 2.75) is 0 Å². The van der Waals surface area contributed by atoms with Gasteiger partial charge in [-0.2, -0.15) is 0 Å². The minimum absolute atomic E-state index is 0.0957. The van der Waals surface area contributed by atoms with Gasteiger partial charge in [0.15, 0.2) is 5.75 Å². The van der Waals surface area contributed by atoms with Gasteiger partial charge in [0.25, 0.3) is 11.8 Å². The molecule has 0 atom stereocenters. The van der Waals surface area contributed by atoms with Crippen molar-refractivity contribution in [2.75, 3.05) is 7.11 Å². The standard InChI is InChI=1S/C17H12N2O6/c1-25-14-8-9(7-13(15(14)20)19(23)24)6-12-10-4-2-3-5-11(10)16(21)18-17(12)22/h2-8,20H,1H3,(H,18,21,22). The highest BCUT2D eigenvalue weighted by Crippen LogP contribution is 2.38. The van der Waals surface area contributed by atoms with Gasteiger partial charge in [-0.05, 0) is 29.3 Å². The molecule has 2 aromatic rings. The molecule has 0 bridgehead atoms. The molecule has 2 aromatic carbocycles. The van der Waals surface area contributed by atoms with Crippen LogP contribution in [0.3, 0.4) is 0 Å². The normalized spacial score (nSPS) is 14.8. The van der Waals surface area contributed by atoms with Crippen LogP contribution in [0.4, 0.5) is 5.69 Å². The molecule has 1 aliphatic heterocycles. The number of hydrogen-bond donors (Lipinski definition) is 2. The molecule has 0 radical (unpaired) electrons. The van der Waals surface area contributed by atoms with Crippen LogP contribution in [0.1, 0.15) is 21.5 Å². The van der Waals surface area contributed by atoms with Crippen LogP contribution in [0.25, 0.3) is 11.6 Å². The first kappa shape index (κ1) is 16.2. The van der Waals surface area contributed by atoms with E-state index in [1.54, 1.807) is 24.3 Å². The van der Waals surface area contributed by atoms with Crippen LogP contribution in [0.15, 0.2) is 36.4 Å². The molecule has 2 amide bonds. The van der Waals surface area contributed by atoms with Crippen molar-refractivity contribution < 1.29 is 24.4 Å². The lowest BCUT2D eigenvalue weighted by atomic mass is 9.93. The lowest BCUT2D eigenvalue weighted by Gasteiger charge is -2.18. The van der Waals surface area contributed by atoms with Gasteiger partial charge in [-0.3, -0.25) is 25.0 Å². The predicted molar refractivity (Wildman–Crippen MR) is 88.1 cm³/mol. The van der Waals surface area contributed by atoms with Crippen LogP contribution in [-0.2, 0) is 4.79 Å². The number of nitrogens with zero attached hydrogens (tertiary/aromatic N) is 1. The third kappa shape index (κ3) is 2.80. The fourth-order valence-corrected chi connectivity index (χ4v) is 2.58. The number of phenolic OH excluding ortho intramolecular Hbond substituents is 1. The molecule has 2 N–H and O–H groups in total. The molecule has 25 heavy (non-hydrogen) atoms. The van der Waals surface area contributed by atoms with E-state index >= 15 is 0 Å². The average Bonchev–Trinajstić information content (AvgIpc) is 2.59. The largest absolute Gasteiger partial charge is 0.500 e. The summed E-state index contributed by atoms with van der Waals surface area (Å²) in [6, 6.07) is 9.02. The molecule has 126 valence electrons. The summed E-state index contributed by atoms with van der Waals surface area (Å²) in [6.45, 7) is 0. The Hall–Kier alpha value is -3.68. The Morgan fingerprint density at radius 2 is 1.84 bits per heavy atom. The Morgan fingerprint density at radius 3 is 2.48 bits per heavy atom. The molecule has 1 heterocycles. The van der Waals surface area contributed by atoms with Crippen LogP contribution in [0, 0.1) is 10.1 Å². The first-order valence-corrected chi connectivity index (χ1v) is 7.14. The van der Waals surface area contributed by atoms with E-state index in [4.69, 9.17) is 4.74 Å². The fourth-order valence-electron chi connectivity index (χ4n) is 2.58. The zero-order chi connectivity index (χ0) is 18.1. The molecular formula is C17H12N2O6. The third-order valence-electron chi connectivity index (χ3n) is 3.74. The van der Waals surface area contributed by atoms with Crippen molar-refractivity contribution in [2.24, 2.45) is 0 Å². The molecule has 0 saturated carbocycles. The van der Waals surface area contributed by atoms with Crippen molar-refractivity contribution in [3.05, 3.63) is 63.2 Å². The van der Waals surface area contributed by atoms with Crippen LogP contribution in [0.5, 0.6) is 11.5 Å². The van der Waals surface area contributed by atoms with Crippen LogP contribution >= 0.6 is 0 Å². The monoisotopic (exact) mass is 340 g/mol. The molecule has 0 unspecified atom stereocenters. The van der Waals surface area contributed by atoms with Crippen molar-refractivity contribution >= 4 is 29.2 Å². The van der Waals surface area contributed by atoms with E-state index in [1.165, 1.54) is 19.3 Å². The molecule has 8 heteroatoms. The Labute approximate surface area is 141 Å². The van der Waals surface area contributed by atoms with Crippen LogP contribution in [-0.4, -0.2) is 29.0 Å². The number of aromatic hydroxyl groups is 1. The van der Waals surface area contributed by atoms with Crippen molar-refractivity contribution in [3.8, 4) is 11.5 Å². The van der Waals surface area contributed by atoms with Gasteiger partial charge in [0.05, 0.1) is 12.0 Å². The second-order valence-corrected chi connectivity index (χ2v) is 5.23. The molecule has 0 aliphatic carbocycles. The number of methoxy groups -OCH3 is 1. The van der Waals surface area contributed by atoms with E-state index in [-0.39, 0.29) is 16.9 Å². The molecular weight excluding hydrogens is 328 g/mol. The number of hydrogen-bond acceptors (Lipinski definition) is 6. The highest BCUT2D eigenvalue weighted by molar-refractivity contribution is 6.33. The minimum atomic E-state index is -0.752. The van der Waals surface area contributed by atoms with E-state index in [2.05, 4.69) is 5.32 Å². The van der Waals surface area contributed by atoms with Crippen molar-refractivity contribution in [3.63, 3.8) is 0 Å². The van der Waals surface area contributed by atoms with Crippen molar-refractivity contribution in [1.82, 2.24) is 5.32 Å². The number of phenols is 1. The molecule has 0 spiro atoms. The number of carbonyl (C=O) groups is 2. The highest BCUT2D eigenvalue weighted by atomic mass is 16.6. The minimum Gasteiger partial charge on any atom is -0.500 e. The van der Waals surface area contributed by atoms with Gasteiger partial charge < -0.3 is 9.84 Å². The van der Waals surface area contributed by atoms with E-state index in [0.717, 1.165) is 6.07 Å². The Bertz CT molecular complexity index is 948. The molecule has 0 fully saturated rings. The summed E-state index contributed by atoms with van der Waals surface area (Å²) >= 11 is 0. The Balaban J connectivity index is 2.20. The summed E-state index contributed by atoms with van der Waals surface area (Å²) in [6.07, 6.45) is 1.40. The maximum absolute atomic E-state index is 12.2. The Morgan fingerprint density at radius 1 is 1.16 bits per heavy atom. The van der Waals surface area contributed by atoms with Gasteiger partial charge in [-0.1, -0.05) is 18.2 Å². The average molecular weight is 340 g/mol. The summed E-state index contributed by atoms with van der Waals surface area (Å²) in [7, 11) is 1.26. The zero-order valence-electron chi connectivity index (χ0n) is 13.0. The topological polar surface area (TPSA) is 119 Å². The van der Waals surface area contributed by atoms with Crippen LogP contribution in [0.2, 0.25) is 0 Å². The number of nitro groups is 1. The van der Waals surface area contributed by atoms with E-state index in [9.17, 15) is 24.8 Å². The van der Waals surface area contributed by atoms with Crippen LogP contribution < -0.4 is 10.1 Å². The lowest BCUT2D eigenvalue weighted by Crippen LogP contribution is -2.36. The number of ether oxygens (including phenoxy) is 1. The van der Waals surface area contributed by atoms with Gasteiger partial charge in [0, 0.05) is 17.2 Å². The third-order valence-corrected chi connectivity index (χ3v) is 3.74. The first-order valence-electron chi connectivity index (χ1n) is 7.14. The van der Waals surface area contributed by atoms with E-state index < -0.39 is 28.2 Å². The second-order valence-electron chi connectivity index (χ2n) is 5.23. The van der Waals surface area contributed by atoms with E-state index in [0.29, 0.717) is 11.1 Å². The quantitative estimate of drug-likeness (QED) is 0.382. The van der Waals surface area contributed by atoms with E-state index in [1.807, 2.05) is 0 Å². The summed E-state index contributed by atoms with van der Waals surface area (Å²) < 4.78 is 4.94. The zero-order valence-corrected chi connectivity index (χ0v) is 13.0. The number of imide groups is 1. The molecule has 1 aliphatic rings. The lowest BCUT2D eigenvalue weighted by molar-refractivity contribution is -0.386. The highest BCUT2D eigenvalue weighted by Gasteiger charge is 2.27. The molecule has 0 aromatic heterocycles. The van der Waals surface area contributed by atoms with Gasteiger partial charge in [-0.25, -0.2) is 0 Å². The summed E-state index contributed by atoms with van der Waals surface area (Å²) in [5.41, 5.74) is 0.652. The van der Waals surface area contributed by atoms with Gasteiger partial charge in [0.1, 0.15) is 0 Å². The summed E-state index contributed by atoms with van der Waals surface area (Å²) in [4.78, 5) is 34.4. The van der Waals surface area contributed by atoms with Crippen molar-refractivity contribution in [1.29, 1.82) is 0 Å². The molecule has 0 saturated heterocycles. The number of fused-ring (bicyclic) bond motifs is 1. The summed E-state index contributed by atoms with van der Waals surface area (Å²) in [5, 5.41) is 23.1. The second kappa shape index (κ2) is 6.08. The number of rotatable bonds is 3. The maximum atomic E-state index is 12.2. The number of nitrogens with one attached hydrogen (secondary N) is 1. The number of benzene rings is 2. The number of amides is 2. The van der Waals surface area contributed by atoms with Gasteiger partial charge in [0.2, 0.25) is 5.75 Å². The predicted octanol–water partition coefficient (Wildman–Crippen LogP) is 2.12. The molecule has 8 nitrogen and oxygen atoms in total. The first-order chi connectivity index (χ1) is 11.9. The number of carbonyl (C=O) groups excluding carboxylic acids is 2. The maximum Gasteiger partial charge on any atom is 0.315 e. The van der Waals surface area contributed by atoms with Gasteiger partial charge >= 0.3 is 5.69 Å². The number of nitro benzene ring substituents is 1. The summed E-state index contributed by atoms with van der Waals surface area (Å²) in [5.74, 6) is -1.81. The molecule has 3 rings (SSSR count). The van der Waals surface area contributed by atoms with Gasteiger partial charge in [-0.15, -0.1) is 0 Å². The smallest absolute Gasteiger partial charge is 0.315 e. The SMILES string of the molecule is COc1cc(C=C2C(=O)NC(=O)c3ccccc32)cc([N+](=O)[O-])c1O. The Kier molecular flexibility index (Phi) is 3.94.